The topological polar surface area (TPSA) is 38.7 Å². The Balaban J connectivity index is 2.32. The van der Waals surface area contributed by atoms with E-state index in [0.29, 0.717) is 12.1 Å². The van der Waals surface area contributed by atoms with E-state index in [0.717, 1.165) is 32.4 Å². The van der Waals surface area contributed by atoms with E-state index in [1.54, 1.807) is 0 Å². The molecule has 0 saturated carbocycles. The van der Waals surface area contributed by atoms with E-state index >= 15 is 0 Å². The van der Waals surface area contributed by atoms with E-state index < -0.39 is 0 Å². The summed E-state index contributed by atoms with van der Waals surface area (Å²) >= 11 is 0. The molecule has 0 bridgehead atoms. The van der Waals surface area contributed by atoms with Gasteiger partial charge in [-0.15, -0.1) is 0 Å². The average Bonchev–Trinajstić information content (AvgIpc) is 2.42. The smallest absolute Gasteiger partial charge is 0.0610 e. The van der Waals surface area contributed by atoms with E-state index in [-0.39, 0.29) is 12.1 Å². The molecule has 0 radical (unpaired) electrons. The second-order valence-corrected chi connectivity index (χ2v) is 6.87. The fourth-order valence-corrected chi connectivity index (χ4v) is 3.04. The van der Waals surface area contributed by atoms with Gasteiger partial charge in [0, 0.05) is 30.7 Å². The molecule has 0 aromatic heterocycles. The van der Waals surface area contributed by atoms with Gasteiger partial charge in [0.05, 0.1) is 6.61 Å². The molecule has 1 aliphatic rings. The molecule has 0 spiro atoms. The van der Waals surface area contributed by atoms with Crippen LogP contribution in [0.15, 0.2) is 0 Å². The van der Waals surface area contributed by atoms with Crippen molar-refractivity contribution >= 4 is 0 Å². The van der Waals surface area contributed by atoms with Crippen LogP contribution < -0.4 is 5.32 Å². The first-order valence-electron chi connectivity index (χ1n) is 8.22. The summed E-state index contributed by atoms with van der Waals surface area (Å²) in [5, 5.41) is 13.1. The molecule has 4 nitrogen and oxygen atoms in total. The van der Waals surface area contributed by atoms with Crippen molar-refractivity contribution < 1.29 is 5.11 Å². The lowest BCUT2D eigenvalue weighted by Gasteiger charge is -2.42. The van der Waals surface area contributed by atoms with Crippen molar-refractivity contribution in [3.8, 4) is 0 Å². The predicted octanol–water partition coefficient (Wildman–Crippen LogP) is 1.54. The van der Waals surface area contributed by atoms with Crippen LogP contribution >= 0.6 is 0 Å². The maximum absolute atomic E-state index is 9.58. The van der Waals surface area contributed by atoms with Crippen LogP contribution in [0.3, 0.4) is 0 Å². The van der Waals surface area contributed by atoms with E-state index in [9.17, 15) is 5.11 Å². The molecule has 1 fully saturated rings. The van der Waals surface area contributed by atoms with Crippen molar-refractivity contribution in [2.24, 2.45) is 0 Å². The SMILES string of the molecule is CCCNC(C)(CO)CCCN1CC(C)N(C)C(C)C1. The molecule has 0 aliphatic carbocycles. The van der Waals surface area contributed by atoms with Crippen LogP contribution in [0.5, 0.6) is 0 Å². The summed E-state index contributed by atoms with van der Waals surface area (Å²) in [7, 11) is 2.23. The highest BCUT2D eigenvalue weighted by atomic mass is 16.3. The highest BCUT2D eigenvalue weighted by Crippen LogP contribution is 2.16. The first-order valence-corrected chi connectivity index (χ1v) is 8.22. The van der Waals surface area contributed by atoms with Gasteiger partial charge in [0.1, 0.15) is 0 Å². The van der Waals surface area contributed by atoms with Crippen LogP contribution in [0.4, 0.5) is 0 Å². The molecule has 0 aromatic carbocycles. The zero-order chi connectivity index (χ0) is 15.2. The Bertz CT molecular complexity index is 262. The minimum atomic E-state index is -0.111. The Labute approximate surface area is 125 Å². The van der Waals surface area contributed by atoms with Crippen LogP contribution in [-0.2, 0) is 0 Å². The normalized spacial score (nSPS) is 28.5. The molecule has 2 N–H and O–H groups in total. The first-order chi connectivity index (χ1) is 9.41. The van der Waals surface area contributed by atoms with Gasteiger partial charge in [-0.2, -0.15) is 0 Å². The van der Waals surface area contributed by atoms with Crippen LogP contribution in [0.2, 0.25) is 0 Å². The molecule has 1 heterocycles. The van der Waals surface area contributed by atoms with Gasteiger partial charge in [-0.25, -0.2) is 0 Å². The van der Waals surface area contributed by atoms with Crippen molar-refractivity contribution in [1.82, 2.24) is 15.1 Å². The lowest BCUT2D eigenvalue weighted by atomic mass is 9.96. The first kappa shape index (κ1) is 17.9. The van der Waals surface area contributed by atoms with Gasteiger partial charge in [-0.3, -0.25) is 4.90 Å². The summed E-state index contributed by atoms with van der Waals surface area (Å²) in [6.45, 7) is 13.6. The molecule has 120 valence electrons. The van der Waals surface area contributed by atoms with Gasteiger partial charge >= 0.3 is 0 Å². The number of rotatable bonds is 8. The average molecular weight is 285 g/mol. The summed E-state index contributed by atoms with van der Waals surface area (Å²) in [5.41, 5.74) is -0.111. The molecule has 1 aliphatic heterocycles. The zero-order valence-corrected chi connectivity index (χ0v) is 14.2. The predicted molar refractivity (Wildman–Crippen MR) is 86.1 cm³/mol. The zero-order valence-electron chi connectivity index (χ0n) is 14.2. The molecule has 0 aromatic rings. The van der Waals surface area contributed by atoms with Crippen molar-refractivity contribution in [1.29, 1.82) is 0 Å². The number of aliphatic hydroxyl groups excluding tert-OH is 1. The summed E-state index contributed by atoms with van der Waals surface area (Å²) in [6, 6.07) is 1.28. The van der Waals surface area contributed by atoms with Crippen molar-refractivity contribution in [3.05, 3.63) is 0 Å². The minimum Gasteiger partial charge on any atom is -0.394 e. The molecule has 0 amide bonds. The molecule has 1 saturated heterocycles. The highest BCUT2D eigenvalue weighted by Gasteiger charge is 2.27. The Hall–Kier alpha value is -0.160. The van der Waals surface area contributed by atoms with Gasteiger partial charge in [-0.05, 0) is 60.2 Å². The third-order valence-corrected chi connectivity index (χ3v) is 4.79. The van der Waals surface area contributed by atoms with Crippen LogP contribution in [0.25, 0.3) is 0 Å². The molecular formula is C16H35N3O. The monoisotopic (exact) mass is 285 g/mol. The number of aliphatic hydroxyl groups is 1. The molecule has 3 unspecified atom stereocenters. The lowest BCUT2D eigenvalue weighted by Crippen LogP contribution is -2.55. The fraction of sp³-hybridized carbons (Fsp3) is 1.00. The third-order valence-electron chi connectivity index (χ3n) is 4.79. The van der Waals surface area contributed by atoms with Crippen molar-refractivity contribution in [2.75, 3.05) is 39.8 Å². The second-order valence-electron chi connectivity index (χ2n) is 6.87. The number of hydrogen-bond acceptors (Lipinski definition) is 4. The molecule has 1 rings (SSSR count). The van der Waals surface area contributed by atoms with Crippen molar-refractivity contribution in [2.45, 2.75) is 64.6 Å². The van der Waals surface area contributed by atoms with E-state index in [4.69, 9.17) is 0 Å². The summed E-state index contributed by atoms with van der Waals surface area (Å²) in [5.74, 6) is 0. The van der Waals surface area contributed by atoms with Gasteiger partial charge in [-0.1, -0.05) is 6.92 Å². The van der Waals surface area contributed by atoms with Gasteiger partial charge in [0.2, 0.25) is 0 Å². The molecule has 3 atom stereocenters. The largest absolute Gasteiger partial charge is 0.394 e. The Morgan fingerprint density at radius 2 is 1.85 bits per heavy atom. The van der Waals surface area contributed by atoms with E-state index in [1.807, 2.05) is 0 Å². The highest BCUT2D eigenvalue weighted by molar-refractivity contribution is 4.85. The Kier molecular flexibility index (Phi) is 7.45. The quantitative estimate of drug-likeness (QED) is 0.710. The van der Waals surface area contributed by atoms with E-state index in [1.165, 1.54) is 13.1 Å². The number of likely N-dealkylation sites (N-methyl/N-ethyl adjacent to an activating group) is 1. The minimum absolute atomic E-state index is 0.111. The molecule has 20 heavy (non-hydrogen) atoms. The summed E-state index contributed by atoms with van der Waals surface area (Å²) in [6.07, 6.45) is 3.30. The lowest BCUT2D eigenvalue weighted by molar-refractivity contribution is 0.0565. The summed E-state index contributed by atoms with van der Waals surface area (Å²) in [4.78, 5) is 5.05. The Morgan fingerprint density at radius 3 is 2.35 bits per heavy atom. The second kappa shape index (κ2) is 8.32. The number of nitrogens with one attached hydrogen (secondary N) is 1. The standard InChI is InChI=1S/C16H35N3O/c1-6-9-17-16(4,13-20)8-7-10-19-11-14(2)18(5)15(3)12-19/h14-15,17,20H,6-13H2,1-5H3. The van der Waals surface area contributed by atoms with Crippen LogP contribution in [-0.4, -0.2) is 72.4 Å². The number of hydrogen-bond donors (Lipinski definition) is 2. The fourth-order valence-electron chi connectivity index (χ4n) is 3.04. The third kappa shape index (κ3) is 5.32. The maximum Gasteiger partial charge on any atom is 0.0610 e. The van der Waals surface area contributed by atoms with Gasteiger partial charge in [0.25, 0.3) is 0 Å². The van der Waals surface area contributed by atoms with Crippen LogP contribution in [0, 0.1) is 0 Å². The van der Waals surface area contributed by atoms with Crippen molar-refractivity contribution in [3.63, 3.8) is 0 Å². The Morgan fingerprint density at radius 1 is 1.25 bits per heavy atom. The summed E-state index contributed by atoms with van der Waals surface area (Å²) < 4.78 is 0. The van der Waals surface area contributed by atoms with Gasteiger partial charge in [0.15, 0.2) is 0 Å². The molecular weight excluding hydrogens is 250 g/mol. The maximum atomic E-state index is 9.58. The number of nitrogens with zero attached hydrogens (tertiary/aromatic N) is 2. The van der Waals surface area contributed by atoms with E-state index in [2.05, 4.69) is 49.9 Å². The van der Waals surface area contributed by atoms with Crippen LogP contribution in [0.1, 0.15) is 47.0 Å². The molecule has 4 heteroatoms. The number of piperazine rings is 1. The van der Waals surface area contributed by atoms with Gasteiger partial charge < -0.3 is 15.3 Å².